The van der Waals surface area contributed by atoms with E-state index >= 15 is 0 Å². The molecule has 0 N–H and O–H groups in total. The monoisotopic (exact) mass is 440 g/mol. The summed E-state index contributed by atoms with van der Waals surface area (Å²) < 4.78 is 24.0. The first-order valence-corrected chi connectivity index (χ1v) is 10.7. The van der Waals surface area contributed by atoms with Gasteiger partial charge in [0.2, 0.25) is 0 Å². The Morgan fingerprint density at radius 1 is 0.806 bits per heavy atom. The fourth-order valence-corrected chi connectivity index (χ4v) is 2.55. The number of ether oxygens (including phenoxy) is 5. The molecule has 31 heavy (non-hydrogen) atoms. The second kappa shape index (κ2) is 19.3. The van der Waals surface area contributed by atoms with Crippen LogP contribution >= 0.6 is 0 Å². The normalized spacial score (nSPS) is 12.3. The largest absolute Gasteiger partial charge is 0.509 e. The van der Waals surface area contributed by atoms with Gasteiger partial charge in [-0.1, -0.05) is 44.4 Å². The van der Waals surface area contributed by atoms with Crippen LogP contribution in [0.5, 0.6) is 0 Å². The van der Waals surface area contributed by atoms with Gasteiger partial charge in [-0.2, -0.15) is 0 Å². The topological polar surface area (TPSA) is 97.4 Å². The minimum atomic E-state index is -0.839. The minimum absolute atomic E-state index is 0.176. The minimum Gasteiger partial charge on any atom is -0.469 e. The Morgan fingerprint density at radius 3 is 2.10 bits per heavy atom. The third kappa shape index (κ3) is 16.8. The van der Waals surface area contributed by atoms with Gasteiger partial charge in [-0.3, -0.25) is 4.79 Å². The molecule has 0 aromatic rings. The van der Waals surface area contributed by atoms with Crippen LogP contribution in [0.25, 0.3) is 0 Å². The van der Waals surface area contributed by atoms with Crippen LogP contribution in [0.4, 0.5) is 9.59 Å². The maximum Gasteiger partial charge on any atom is 0.509 e. The van der Waals surface area contributed by atoms with E-state index in [0.29, 0.717) is 19.3 Å². The Morgan fingerprint density at radius 2 is 1.45 bits per heavy atom. The number of unbranched alkanes of at least 4 members (excludes halogenated alkanes) is 6. The molecule has 2 unspecified atom stereocenters. The molecule has 0 aromatic heterocycles. The van der Waals surface area contributed by atoms with Gasteiger partial charge < -0.3 is 23.7 Å². The Hall–Kier alpha value is -2.69. The predicted molar refractivity (Wildman–Crippen MR) is 115 cm³/mol. The Bertz CT molecular complexity index is 602. The van der Waals surface area contributed by atoms with E-state index in [2.05, 4.69) is 26.1 Å². The van der Waals surface area contributed by atoms with Gasteiger partial charge in [0, 0.05) is 12.8 Å². The van der Waals surface area contributed by atoms with Crippen LogP contribution < -0.4 is 0 Å². The van der Waals surface area contributed by atoms with Crippen LogP contribution in [0, 0.1) is 11.8 Å². The van der Waals surface area contributed by atoms with E-state index < -0.39 is 24.5 Å². The molecule has 0 fully saturated rings. The summed E-state index contributed by atoms with van der Waals surface area (Å²) in [5.41, 5.74) is 0. The number of esters is 1. The molecule has 0 aliphatic carbocycles. The standard InChI is InChI=1S/C23H36O8/c1-5-6-14-19(30-22(25)28-3)17-18-20(31-23(26)29-4)15-12-10-8-7-9-11-13-16-21(24)27-2/h17-20H,5-11,13-14,16H2,1-4H3/b18-17+. The average molecular weight is 441 g/mol. The lowest BCUT2D eigenvalue weighted by molar-refractivity contribution is -0.140. The highest BCUT2D eigenvalue weighted by atomic mass is 16.7. The second-order valence-electron chi connectivity index (χ2n) is 6.80. The smallest absolute Gasteiger partial charge is 0.469 e. The third-order valence-electron chi connectivity index (χ3n) is 4.30. The van der Waals surface area contributed by atoms with Crippen LogP contribution in [0.15, 0.2) is 12.2 Å². The number of methoxy groups -OCH3 is 3. The summed E-state index contributed by atoms with van der Waals surface area (Å²) in [6, 6.07) is 0. The summed E-state index contributed by atoms with van der Waals surface area (Å²) in [5, 5.41) is 0. The molecular weight excluding hydrogens is 404 g/mol. The molecule has 0 aromatic carbocycles. The van der Waals surface area contributed by atoms with Gasteiger partial charge in [0.1, 0.15) is 6.10 Å². The van der Waals surface area contributed by atoms with Crippen LogP contribution in [0.2, 0.25) is 0 Å². The van der Waals surface area contributed by atoms with Crippen molar-refractivity contribution in [2.75, 3.05) is 21.3 Å². The van der Waals surface area contributed by atoms with E-state index in [1.165, 1.54) is 21.3 Å². The van der Waals surface area contributed by atoms with Crippen LogP contribution in [-0.4, -0.2) is 51.8 Å². The molecule has 8 nitrogen and oxygen atoms in total. The Kier molecular flexibility index (Phi) is 17.6. The first-order chi connectivity index (χ1) is 15.0. The van der Waals surface area contributed by atoms with Crippen molar-refractivity contribution < 1.29 is 38.1 Å². The van der Waals surface area contributed by atoms with E-state index in [4.69, 9.17) is 9.47 Å². The molecule has 0 saturated carbocycles. The van der Waals surface area contributed by atoms with Gasteiger partial charge in [-0.05, 0) is 37.8 Å². The molecule has 0 radical (unpaired) electrons. The fraction of sp³-hybridized carbons (Fsp3) is 0.696. The maximum atomic E-state index is 11.5. The molecule has 0 saturated heterocycles. The van der Waals surface area contributed by atoms with E-state index in [9.17, 15) is 14.4 Å². The molecule has 0 heterocycles. The second-order valence-corrected chi connectivity index (χ2v) is 6.80. The van der Waals surface area contributed by atoms with Crippen molar-refractivity contribution in [3.63, 3.8) is 0 Å². The lowest BCUT2D eigenvalue weighted by Gasteiger charge is -2.14. The van der Waals surface area contributed by atoms with Crippen molar-refractivity contribution in [1.82, 2.24) is 0 Å². The SMILES string of the molecule is CCCCC(/C=C/C(C#CCCCCCCCC(=O)OC)OC(=O)OC)OC(=O)OC. The molecule has 0 bridgehead atoms. The molecule has 0 rings (SSSR count). The van der Waals surface area contributed by atoms with Gasteiger partial charge in [0.05, 0.1) is 21.3 Å². The number of rotatable bonds is 14. The Balaban J connectivity index is 4.60. The van der Waals surface area contributed by atoms with Crippen LogP contribution in [0.1, 0.15) is 71.1 Å². The first kappa shape index (κ1) is 28.3. The molecule has 0 spiro atoms. The number of hydrogen-bond donors (Lipinski definition) is 0. The van der Waals surface area contributed by atoms with Crippen molar-refractivity contribution in [1.29, 1.82) is 0 Å². The lowest BCUT2D eigenvalue weighted by atomic mass is 10.1. The number of carbonyl (C=O) groups excluding carboxylic acids is 3. The molecular formula is C23H36O8. The van der Waals surface area contributed by atoms with E-state index in [1.54, 1.807) is 12.2 Å². The highest BCUT2D eigenvalue weighted by molar-refractivity contribution is 5.68. The number of hydrogen-bond acceptors (Lipinski definition) is 8. The molecule has 0 aliphatic heterocycles. The van der Waals surface area contributed by atoms with Crippen molar-refractivity contribution >= 4 is 18.3 Å². The van der Waals surface area contributed by atoms with Crippen molar-refractivity contribution in [2.45, 2.75) is 83.3 Å². The summed E-state index contributed by atoms with van der Waals surface area (Å²) in [4.78, 5) is 33.9. The van der Waals surface area contributed by atoms with Gasteiger partial charge in [-0.25, -0.2) is 9.59 Å². The highest BCUT2D eigenvalue weighted by Gasteiger charge is 2.14. The number of carbonyl (C=O) groups is 3. The van der Waals surface area contributed by atoms with Crippen molar-refractivity contribution in [3.8, 4) is 11.8 Å². The molecule has 8 heteroatoms. The third-order valence-corrected chi connectivity index (χ3v) is 4.30. The summed E-state index contributed by atoms with van der Waals surface area (Å²) in [6.07, 6.45) is 8.58. The Labute approximate surface area is 185 Å². The first-order valence-electron chi connectivity index (χ1n) is 10.7. The van der Waals surface area contributed by atoms with Crippen molar-refractivity contribution in [3.05, 3.63) is 12.2 Å². The molecule has 0 aliphatic rings. The highest BCUT2D eigenvalue weighted by Crippen LogP contribution is 2.10. The maximum absolute atomic E-state index is 11.5. The molecule has 0 amide bonds. The zero-order valence-electron chi connectivity index (χ0n) is 19.1. The average Bonchev–Trinajstić information content (AvgIpc) is 2.78. The lowest BCUT2D eigenvalue weighted by Crippen LogP contribution is -2.18. The fourth-order valence-electron chi connectivity index (χ4n) is 2.55. The summed E-state index contributed by atoms with van der Waals surface area (Å²) in [5.74, 6) is 5.73. The van der Waals surface area contributed by atoms with Gasteiger partial charge >= 0.3 is 18.3 Å². The quantitative estimate of drug-likeness (QED) is 0.123. The summed E-state index contributed by atoms with van der Waals surface area (Å²) >= 11 is 0. The zero-order valence-corrected chi connectivity index (χ0v) is 19.1. The van der Waals surface area contributed by atoms with E-state index in [1.807, 2.05) is 6.92 Å². The summed E-state index contributed by atoms with van der Waals surface area (Å²) in [6.45, 7) is 2.03. The van der Waals surface area contributed by atoms with Gasteiger partial charge in [0.25, 0.3) is 0 Å². The van der Waals surface area contributed by atoms with Gasteiger partial charge in [0.15, 0.2) is 6.10 Å². The van der Waals surface area contributed by atoms with E-state index in [0.717, 1.165) is 44.9 Å². The zero-order chi connectivity index (χ0) is 23.3. The van der Waals surface area contributed by atoms with Crippen LogP contribution in [0.3, 0.4) is 0 Å². The van der Waals surface area contributed by atoms with Gasteiger partial charge in [-0.15, -0.1) is 0 Å². The molecule has 2 atom stereocenters. The molecule has 176 valence electrons. The van der Waals surface area contributed by atoms with E-state index in [-0.39, 0.29) is 5.97 Å². The summed E-state index contributed by atoms with van der Waals surface area (Å²) in [7, 11) is 3.86. The predicted octanol–water partition coefficient (Wildman–Crippen LogP) is 4.94. The van der Waals surface area contributed by atoms with Crippen LogP contribution in [-0.2, 0) is 28.5 Å². The van der Waals surface area contributed by atoms with Crippen molar-refractivity contribution in [2.24, 2.45) is 0 Å².